The van der Waals surface area contributed by atoms with Crippen molar-refractivity contribution in [2.45, 2.75) is 0 Å². The molecule has 0 saturated carbocycles. The molecule has 0 spiro atoms. The van der Waals surface area contributed by atoms with Gasteiger partial charge in [-0.15, -0.1) is 16.4 Å². The molecular weight excluding hydrogens is 318 g/mol. The summed E-state index contributed by atoms with van der Waals surface area (Å²) >= 11 is 3.29. The van der Waals surface area contributed by atoms with Gasteiger partial charge in [-0.25, -0.2) is 9.50 Å². The van der Waals surface area contributed by atoms with E-state index in [0.29, 0.717) is 0 Å². The lowest BCUT2D eigenvalue weighted by Crippen LogP contribution is -2.39. The molecule has 8 heteroatoms. The van der Waals surface area contributed by atoms with Crippen molar-refractivity contribution >= 4 is 32.8 Å². The van der Waals surface area contributed by atoms with Crippen LogP contribution in [0.4, 0.5) is 5.13 Å². The van der Waals surface area contributed by atoms with E-state index in [1.54, 1.807) is 22.7 Å². The molecule has 1 aliphatic heterocycles. The quantitative estimate of drug-likeness (QED) is 0.775. The number of ether oxygens (including phenoxy) is 1. The summed E-state index contributed by atoms with van der Waals surface area (Å²) in [4.78, 5) is 9.15. The third kappa shape index (κ3) is 3.00. The molecule has 1 aliphatic rings. The van der Waals surface area contributed by atoms with Crippen molar-refractivity contribution in [3.05, 3.63) is 23.7 Å². The SMILES string of the molecule is c1csc(-c2cn3nc(NCCN4CCOCC4)sc3n2)c1. The number of nitrogens with zero attached hydrogens (tertiary/aromatic N) is 4. The van der Waals surface area contributed by atoms with E-state index < -0.39 is 0 Å². The number of anilines is 1. The Morgan fingerprint density at radius 1 is 1.32 bits per heavy atom. The number of thiophene rings is 1. The van der Waals surface area contributed by atoms with E-state index in [-0.39, 0.29) is 0 Å². The molecule has 3 aromatic heterocycles. The molecule has 0 atom stereocenters. The van der Waals surface area contributed by atoms with E-state index in [1.807, 2.05) is 16.8 Å². The molecule has 4 rings (SSSR count). The molecule has 1 fully saturated rings. The third-order valence-corrected chi connectivity index (χ3v) is 5.40. The van der Waals surface area contributed by atoms with Crippen molar-refractivity contribution in [3.8, 4) is 10.6 Å². The van der Waals surface area contributed by atoms with Crippen molar-refractivity contribution in [3.63, 3.8) is 0 Å². The number of fused-ring (bicyclic) bond motifs is 1. The Morgan fingerprint density at radius 3 is 3.00 bits per heavy atom. The summed E-state index contributed by atoms with van der Waals surface area (Å²) in [7, 11) is 0. The van der Waals surface area contributed by atoms with Gasteiger partial charge in [-0.2, -0.15) is 0 Å². The van der Waals surface area contributed by atoms with Crippen LogP contribution >= 0.6 is 22.7 Å². The highest BCUT2D eigenvalue weighted by Crippen LogP contribution is 2.27. The summed E-state index contributed by atoms with van der Waals surface area (Å²) in [6.07, 6.45) is 1.99. The van der Waals surface area contributed by atoms with E-state index >= 15 is 0 Å². The molecule has 0 unspecified atom stereocenters. The van der Waals surface area contributed by atoms with Crippen LogP contribution in [0.2, 0.25) is 0 Å². The van der Waals surface area contributed by atoms with Gasteiger partial charge in [0.15, 0.2) is 0 Å². The zero-order valence-electron chi connectivity index (χ0n) is 12.1. The van der Waals surface area contributed by atoms with Gasteiger partial charge in [0.1, 0.15) is 5.69 Å². The first-order valence-electron chi connectivity index (χ1n) is 7.32. The molecule has 1 saturated heterocycles. The van der Waals surface area contributed by atoms with Crippen LogP contribution in [0.25, 0.3) is 15.5 Å². The maximum atomic E-state index is 5.35. The van der Waals surface area contributed by atoms with E-state index in [0.717, 1.165) is 55.2 Å². The minimum atomic E-state index is 0.844. The maximum absolute atomic E-state index is 5.35. The molecular formula is C14H17N5OS2. The standard InChI is InChI=1S/C14H17N5OS2/c1-2-12(21-9-1)11-10-19-14(16-11)22-13(17-19)15-3-4-18-5-7-20-8-6-18/h1-2,9-10H,3-8H2,(H,15,17). The molecule has 0 bridgehead atoms. The summed E-state index contributed by atoms with van der Waals surface area (Å²) < 4.78 is 7.21. The van der Waals surface area contributed by atoms with Crippen LogP contribution in [0.15, 0.2) is 23.7 Å². The number of aromatic nitrogens is 3. The van der Waals surface area contributed by atoms with E-state index in [4.69, 9.17) is 4.74 Å². The zero-order valence-corrected chi connectivity index (χ0v) is 13.7. The van der Waals surface area contributed by atoms with Gasteiger partial charge in [0.2, 0.25) is 10.1 Å². The predicted octanol–water partition coefficient (Wildman–Crippen LogP) is 2.26. The van der Waals surface area contributed by atoms with Gasteiger partial charge in [0.05, 0.1) is 24.3 Å². The van der Waals surface area contributed by atoms with Crippen LogP contribution in [0.5, 0.6) is 0 Å². The molecule has 0 amide bonds. The predicted molar refractivity (Wildman–Crippen MR) is 89.9 cm³/mol. The summed E-state index contributed by atoms with van der Waals surface area (Å²) in [5.41, 5.74) is 0.994. The van der Waals surface area contributed by atoms with Gasteiger partial charge in [-0.3, -0.25) is 4.90 Å². The second-order valence-electron chi connectivity index (χ2n) is 5.12. The third-order valence-electron chi connectivity index (χ3n) is 3.62. The molecule has 3 aromatic rings. The maximum Gasteiger partial charge on any atom is 0.214 e. The fourth-order valence-electron chi connectivity index (χ4n) is 2.46. The Hall–Kier alpha value is -1.48. The van der Waals surface area contributed by atoms with Crippen LogP contribution in [-0.2, 0) is 4.74 Å². The monoisotopic (exact) mass is 335 g/mol. The molecule has 0 radical (unpaired) electrons. The molecule has 116 valence electrons. The number of hydrogen-bond donors (Lipinski definition) is 1. The largest absolute Gasteiger partial charge is 0.379 e. The first kappa shape index (κ1) is 14.1. The Labute approximate surface area is 136 Å². The first-order valence-corrected chi connectivity index (χ1v) is 9.02. The van der Waals surface area contributed by atoms with E-state index in [9.17, 15) is 0 Å². The Morgan fingerprint density at radius 2 is 2.23 bits per heavy atom. The van der Waals surface area contributed by atoms with Gasteiger partial charge in [0, 0.05) is 26.2 Å². The average Bonchev–Trinajstić information content (AvgIpc) is 3.23. The summed E-state index contributed by atoms with van der Waals surface area (Å²) in [6.45, 7) is 5.65. The van der Waals surface area contributed by atoms with Gasteiger partial charge in [-0.1, -0.05) is 17.4 Å². The van der Waals surface area contributed by atoms with Crippen LogP contribution in [0.1, 0.15) is 0 Å². The minimum absolute atomic E-state index is 0.844. The van der Waals surface area contributed by atoms with Crippen molar-refractivity contribution in [2.75, 3.05) is 44.7 Å². The van der Waals surface area contributed by atoms with Crippen molar-refractivity contribution in [2.24, 2.45) is 0 Å². The van der Waals surface area contributed by atoms with E-state index in [2.05, 4.69) is 31.7 Å². The minimum Gasteiger partial charge on any atom is -0.379 e. The summed E-state index contributed by atoms with van der Waals surface area (Å²) in [5.74, 6) is 0. The molecule has 0 aliphatic carbocycles. The van der Waals surface area contributed by atoms with Crippen molar-refractivity contribution < 1.29 is 4.74 Å². The van der Waals surface area contributed by atoms with Gasteiger partial charge in [-0.05, 0) is 11.4 Å². The highest BCUT2D eigenvalue weighted by molar-refractivity contribution is 7.20. The van der Waals surface area contributed by atoms with Gasteiger partial charge >= 0.3 is 0 Å². The van der Waals surface area contributed by atoms with Crippen LogP contribution in [-0.4, -0.2) is 58.9 Å². The summed E-state index contributed by atoms with van der Waals surface area (Å²) in [6, 6.07) is 4.12. The highest BCUT2D eigenvalue weighted by atomic mass is 32.1. The molecule has 4 heterocycles. The normalized spacial score (nSPS) is 16.4. The lowest BCUT2D eigenvalue weighted by atomic mass is 10.4. The number of imidazole rings is 1. The lowest BCUT2D eigenvalue weighted by molar-refractivity contribution is 0.0398. The Kier molecular flexibility index (Phi) is 4.07. The molecule has 0 aromatic carbocycles. The molecule has 1 N–H and O–H groups in total. The number of nitrogens with one attached hydrogen (secondary N) is 1. The second-order valence-corrected chi connectivity index (χ2v) is 7.02. The van der Waals surface area contributed by atoms with Crippen LogP contribution < -0.4 is 5.32 Å². The van der Waals surface area contributed by atoms with Crippen LogP contribution in [0, 0.1) is 0 Å². The second kappa shape index (κ2) is 6.33. The molecule has 22 heavy (non-hydrogen) atoms. The Balaban J connectivity index is 1.37. The first-order chi connectivity index (χ1) is 10.9. The van der Waals surface area contributed by atoms with Crippen LogP contribution in [0.3, 0.4) is 0 Å². The Bertz CT molecular complexity index is 698. The fraction of sp³-hybridized carbons (Fsp3) is 0.429. The lowest BCUT2D eigenvalue weighted by Gasteiger charge is -2.26. The molecule has 6 nitrogen and oxygen atoms in total. The highest BCUT2D eigenvalue weighted by Gasteiger charge is 2.12. The number of rotatable bonds is 5. The van der Waals surface area contributed by atoms with Gasteiger partial charge in [0.25, 0.3) is 0 Å². The van der Waals surface area contributed by atoms with Gasteiger partial charge < -0.3 is 10.1 Å². The number of hydrogen-bond acceptors (Lipinski definition) is 7. The van der Waals surface area contributed by atoms with Crippen molar-refractivity contribution in [1.82, 2.24) is 19.5 Å². The van der Waals surface area contributed by atoms with Crippen molar-refractivity contribution in [1.29, 1.82) is 0 Å². The smallest absolute Gasteiger partial charge is 0.214 e. The fourth-order valence-corrected chi connectivity index (χ4v) is 3.95. The van der Waals surface area contributed by atoms with E-state index in [1.165, 1.54) is 4.88 Å². The topological polar surface area (TPSA) is 54.7 Å². The average molecular weight is 335 g/mol. The number of morpholine rings is 1. The zero-order chi connectivity index (χ0) is 14.8. The summed E-state index contributed by atoms with van der Waals surface area (Å²) in [5, 5.41) is 10.9.